The minimum Gasteiger partial charge on any atom is -0.348 e. The van der Waals surface area contributed by atoms with E-state index in [-0.39, 0.29) is 14.8 Å². The second-order valence-corrected chi connectivity index (χ2v) is 10.2. The number of hydrogen-bond acceptors (Lipinski definition) is 5. The van der Waals surface area contributed by atoms with E-state index in [2.05, 4.69) is 5.32 Å². The maximum Gasteiger partial charge on any atom is 0.219 e. The van der Waals surface area contributed by atoms with Gasteiger partial charge < -0.3 is 5.32 Å². The zero-order chi connectivity index (χ0) is 22.4. The molecular formula is C24H21ClN2O2S2. The summed E-state index contributed by atoms with van der Waals surface area (Å²) >= 11 is 7.51. The molecule has 158 valence electrons. The Hall–Kier alpha value is -2.72. The molecule has 0 aliphatic heterocycles. The van der Waals surface area contributed by atoms with E-state index in [1.165, 1.54) is 23.9 Å². The van der Waals surface area contributed by atoms with E-state index in [1.807, 2.05) is 56.3 Å². The molecule has 0 amide bonds. The van der Waals surface area contributed by atoms with Crippen LogP contribution >= 0.6 is 23.4 Å². The first-order valence-electron chi connectivity index (χ1n) is 9.48. The molecule has 1 N–H and O–H groups in total. The third-order valence-corrected chi connectivity index (χ3v) is 7.86. The molecule has 3 aromatic carbocycles. The standard InChI is InChI=1S/C24H21ClN2O2S2/c1-17-12-13-22(18(2)14-17)27-24(30-16-19-8-6-7-11-21(19)25)23(15-26)31(28,29)20-9-4-3-5-10-20/h3-14,27H,16H2,1-2H3/b24-23+. The Bertz CT molecular complexity index is 1260. The van der Waals surface area contributed by atoms with Crippen molar-refractivity contribution < 1.29 is 8.42 Å². The molecule has 4 nitrogen and oxygen atoms in total. The maximum absolute atomic E-state index is 13.3. The number of allylic oxidation sites excluding steroid dienone is 1. The lowest BCUT2D eigenvalue weighted by Gasteiger charge is -2.16. The number of nitriles is 1. The SMILES string of the molecule is Cc1ccc(N/C(SCc2ccccc2Cl)=C(/C#N)S(=O)(=O)c2ccccc2)c(C)c1. The van der Waals surface area contributed by atoms with Crippen molar-refractivity contribution in [1.82, 2.24) is 0 Å². The number of benzene rings is 3. The van der Waals surface area contributed by atoms with Crippen molar-refractivity contribution in [2.45, 2.75) is 24.5 Å². The molecule has 0 spiro atoms. The number of nitrogens with one attached hydrogen (secondary N) is 1. The summed E-state index contributed by atoms with van der Waals surface area (Å²) in [7, 11) is -4.00. The van der Waals surface area contributed by atoms with E-state index in [4.69, 9.17) is 11.6 Å². The summed E-state index contributed by atoms with van der Waals surface area (Å²) in [5.41, 5.74) is 3.63. The fourth-order valence-electron chi connectivity index (χ4n) is 2.95. The predicted octanol–water partition coefficient (Wildman–Crippen LogP) is 6.47. The molecule has 0 fully saturated rings. The van der Waals surface area contributed by atoms with E-state index in [9.17, 15) is 13.7 Å². The predicted molar refractivity (Wildman–Crippen MR) is 129 cm³/mol. The quantitative estimate of drug-likeness (QED) is 0.402. The average Bonchev–Trinajstić information content (AvgIpc) is 2.75. The highest BCUT2D eigenvalue weighted by Gasteiger charge is 2.26. The third-order valence-electron chi connectivity index (χ3n) is 4.59. The summed E-state index contributed by atoms with van der Waals surface area (Å²) in [5, 5.41) is 13.9. The van der Waals surface area contributed by atoms with Crippen LogP contribution in [0.25, 0.3) is 0 Å². The van der Waals surface area contributed by atoms with Gasteiger partial charge in [0.1, 0.15) is 11.1 Å². The van der Waals surface area contributed by atoms with Crippen molar-refractivity contribution in [3.05, 3.63) is 104 Å². The number of rotatable bonds is 7. The second-order valence-electron chi connectivity index (χ2n) is 6.91. The van der Waals surface area contributed by atoms with E-state index < -0.39 is 9.84 Å². The van der Waals surface area contributed by atoms with Crippen molar-refractivity contribution in [1.29, 1.82) is 5.26 Å². The van der Waals surface area contributed by atoms with Crippen molar-refractivity contribution >= 4 is 38.9 Å². The molecule has 0 atom stereocenters. The lowest BCUT2D eigenvalue weighted by atomic mass is 10.1. The molecule has 7 heteroatoms. The number of thioether (sulfide) groups is 1. The summed E-state index contributed by atoms with van der Waals surface area (Å²) in [5.74, 6) is 0.405. The first-order chi connectivity index (χ1) is 14.8. The number of aryl methyl sites for hydroxylation is 2. The van der Waals surface area contributed by atoms with Crippen LogP contribution in [0.4, 0.5) is 5.69 Å². The highest BCUT2D eigenvalue weighted by atomic mass is 35.5. The number of halogens is 1. The molecule has 3 aromatic rings. The zero-order valence-corrected chi connectivity index (χ0v) is 19.5. The van der Waals surface area contributed by atoms with E-state index in [0.717, 1.165) is 22.4 Å². The molecule has 0 saturated heterocycles. The van der Waals surface area contributed by atoms with Crippen LogP contribution in [0.15, 0.2) is 87.6 Å². The van der Waals surface area contributed by atoms with Crippen molar-refractivity contribution in [2.24, 2.45) is 0 Å². The van der Waals surface area contributed by atoms with Gasteiger partial charge in [0.2, 0.25) is 9.84 Å². The second kappa shape index (κ2) is 10.1. The Kier molecular flexibility index (Phi) is 7.45. The zero-order valence-electron chi connectivity index (χ0n) is 17.1. The monoisotopic (exact) mass is 468 g/mol. The van der Waals surface area contributed by atoms with Gasteiger partial charge in [0.05, 0.1) is 4.90 Å². The normalized spacial score (nSPS) is 12.1. The van der Waals surface area contributed by atoms with Crippen LogP contribution in [0.2, 0.25) is 5.02 Å². The van der Waals surface area contributed by atoms with Crippen LogP contribution in [-0.2, 0) is 15.6 Å². The Labute approximate surface area is 192 Å². The molecule has 0 heterocycles. The Morgan fingerprint density at radius 3 is 2.35 bits per heavy atom. The lowest BCUT2D eigenvalue weighted by Crippen LogP contribution is -2.11. The fraction of sp³-hybridized carbons (Fsp3) is 0.125. The topological polar surface area (TPSA) is 70.0 Å². The minimum atomic E-state index is -4.00. The Morgan fingerprint density at radius 2 is 1.71 bits per heavy atom. The highest BCUT2D eigenvalue weighted by Crippen LogP contribution is 2.33. The van der Waals surface area contributed by atoms with Crippen LogP contribution in [0, 0.1) is 25.2 Å². The first-order valence-corrected chi connectivity index (χ1v) is 12.3. The maximum atomic E-state index is 13.3. The van der Waals surface area contributed by atoms with Crippen LogP contribution in [0.1, 0.15) is 16.7 Å². The molecule has 3 rings (SSSR count). The van der Waals surface area contributed by atoms with Crippen LogP contribution < -0.4 is 5.32 Å². The molecule has 31 heavy (non-hydrogen) atoms. The fourth-order valence-corrected chi connectivity index (χ4v) is 5.81. The lowest BCUT2D eigenvalue weighted by molar-refractivity contribution is 0.603. The minimum absolute atomic E-state index is 0.0739. The van der Waals surface area contributed by atoms with Gasteiger partial charge in [-0.1, -0.05) is 65.7 Å². The van der Waals surface area contributed by atoms with Gasteiger partial charge in [-0.3, -0.25) is 0 Å². The van der Waals surface area contributed by atoms with Crippen molar-refractivity contribution in [3.8, 4) is 6.07 Å². The highest BCUT2D eigenvalue weighted by molar-refractivity contribution is 8.04. The Balaban J connectivity index is 2.08. The largest absolute Gasteiger partial charge is 0.348 e. The van der Waals surface area contributed by atoms with Crippen molar-refractivity contribution in [3.63, 3.8) is 0 Å². The third kappa shape index (κ3) is 5.50. The van der Waals surface area contributed by atoms with Crippen molar-refractivity contribution in [2.75, 3.05) is 5.32 Å². The van der Waals surface area contributed by atoms with Gasteiger partial charge in [-0.15, -0.1) is 11.8 Å². The molecule has 0 saturated carbocycles. The smallest absolute Gasteiger partial charge is 0.219 e. The molecule has 0 radical (unpaired) electrons. The summed E-state index contributed by atoms with van der Waals surface area (Å²) in [6.07, 6.45) is 0. The van der Waals surface area contributed by atoms with E-state index in [1.54, 1.807) is 24.3 Å². The van der Waals surface area contributed by atoms with Gasteiger partial charge >= 0.3 is 0 Å². The van der Waals surface area contributed by atoms with E-state index in [0.29, 0.717) is 10.8 Å². The summed E-state index contributed by atoms with van der Waals surface area (Å²) < 4.78 is 26.5. The molecule has 0 aliphatic rings. The summed E-state index contributed by atoms with van der Waals surface area (Å²) in [6, 6.07) is 23.1. The molecule has 0 aliphatic carbocycles. The molecule has 0 unspecified atom stereocenters. The van der Waals surface area contributed by atoms with Crippen LogP contribution in [0.5, 0.6) is 0 Å². The molecule has 0 aromatic heterocycles. The van der Waals surface area contributed by atoms with Gasteiger partial charge in [-0.25, -0.2) is 8.42 Å². The van der Waals surface area contributed by atoms with Gasteiger partial charge in [-0.2, -0.15) is 5.26 Å². The van der Waals surface area contributed by atoms with Crippen LogP contribution in [-0.4, -0.2) is 8.42 Å². The Morgan fingerprint density at radius 1 is 1.03 bits per heavy atom. The first kappa shape index (κ1) is 23.0. The van der Waals surface area contributed by atoms with Gasteiger partial charge in [0.25, 0.3) is 0 Å². The average molecular weight is 469 g/mol. The number of nitrogens with zero attached hydrogens (tertiary/aromatic N) is 1. The number of anilines is 1. The summed E-state index contributed by atoms with van der Waals surface area (Å²) in [4.78, 5) is -0.249. The number of hydrogen-bond donors (Lipinski definition) is 1. The van der Waals surface area contributed by atoms with E-state index >= 15 is 0 Å². The molecule has 0 bridgehead atoms. The van der Waals surface area contributed by atoms with Gasteiger partial charge in [0.15, 0.2) is 4.91 Å². The van der Waals surface area contributed by atoms with Gasteiger partial charge in [0, 0.05) is 16.5 Å². The van der Waals surface area contributed by atoms with Crippen LogP contribution in [0.3, 0.4) is 0 Å². The summed E-state index contributed by atoms with van der Waals surface area (Å²) in [6.45, 7) is 3.92. The number of sulfone groups is 1. The molecular weight excluding hydrogens is 448 g/mol. The van der Waals surface area contributed by atoms with Gasteiger partial charge in [-0.05, 0) is 49.2 Å².